The third-order valence-electron chi connectivity index (χ3n) is 4.88. The summed E-state index contributed by atoms with van der Waals surface area (Å²) in [6.45, 7) is 11.7. The third kappa shape index (κ3) is 4.71. The fraction of sp³-hybridized carbons (Fsp3) is 0.722. The van der Waals surface area contributed by atoms with Gasteiger partial charge in [-0.25, -0.2) is 0 Å². The van der Waals surface area contributed by atoms with E-state index in [0.29, 0.717) is 22.9 Å². The topological polar surface area (TPSA) is 56.3 Å². The lowest BCUT2D eigenvalue weighted by Crippen LogP contribution is -2.39. The monoisotopic (exact) mass is 362 g/mol. The molecule has 138 valence electrons. The van der Waals surface area contributed by atoms with Crippen LogP contribution < -0.4 is 20.4 Å². The number of anilines is 3. The molecule has 1 aromatic rings. The second-order valence-corrected chi connectivity index (χ2v) is 7.85. The number of rotatable bonds is 4. The zero-order chi connectivity index (χ0) is 17.8. The van der Waals surface area contributed by atoms with Crippen LogP contribution in [0.5, 0.6) is 0 Å². The Bertz CT molecular complexity index is 591. The maximum atomic E-state index is 5.32. The van der Waals surface area contributed by atoms with Gasteiger partial charge >= 0.3 is 0 Å². The van der Waals surface area contributed by atoms with Crippen LogP contribution in [0.25, 0.3) is 0 Å². The SMILES string of the molecule is CCNC(=S)Nc1nc(N2CCCC2)cc(N2C[C@H](C)C[C@@H](C)C2)n1. The smallest absolute Gasteiger partial charge is 0.232 e. The average Bonchev–Trinajstić information content (AvgIpc) is 3.08. The van der Waals surface area contributed by atoms with E-state index >= 15 is 0 Å². The molecule has 3 rings (SSSR count). The predicted molar refractivity (Wildman–Crippen MR) is 109 cm³/mol. The van der Waals surface area contributed by atoms with Crippen LogP contribution >= 0.6 is 12.2 Å². The van der Waals surface area contributed by atoms with Gasteiger partial charge in [-0.1, -0.05) is 13.8 Å². The van der Waals surface area contributed by atoms with Gasteiger partial charge in [0.15, 0.2) is 5.11 Å². The molecule has 2 atom stereocenters. The Morgan fingerprint density at radius 2 is 1.72 bits per heavy atom. The first kappa shape index (κ1) is 18.2. The molecule has 2 N–H and O–H groups in total. The Balaban J connectivity index is 1.87. The molecule has 2 fully saturated rings. The zero-order valence-electron chi connectivity index (χ0n) is 15.6. The molecule has 0 spiro atoms. The zero-order valence-corrected chi connectivity index (χ0v) is 16.4. The number of piperidine rings is 1. The fourth-order valence-electron chi connectivity index (χ4n) is 3.90. The van der Waals surface area contributed by atoms with E-state index in [1.807, 2.05) is 6.92 Å². The first-order chi connectivity index (χ1) is 12.0. The molecule has 0 saturated carbocycles. The Morgan fingerprint density at radius 3 is 2.32 bits per heavy atom. The molecule has 6 nitrogen and oxygen atoms in total. The van der Waals surface area contributed by atoms with Gasteiger partial charge in [-0.2, -0.15) is 9.97 Å². The maximum Gasteiger partial charge on any atom is 0.232 e. The molecule has 0 radical (unpaired) electrons. The summed E-state index contributed by atoms with van der Waals surface area (Å²) in [4.78, 5) is 14.2. The normalized spacial score (nSPS) is 23.6. The standard InChI is InChI=1S/C18H30N6S/c1-4-19-18(25)22-17-20-15(23-7-5-6-8-23)10-16(21-17)24-11-13(2)9-14(3)12-24/h10,13-14H,4-9,11-12H2,1-3H3,(H2,19,20,21,22,25)/t13-,14-/m1/s1. The summed E-state index contributed by atoms with van der Waals surface area (Å²) in [6, 6.07) is 2.15. The van der Waals surface area contributed by atoms with Crippen molar-refractivity contribution in [3.05, 3.63) is 6.07 Å². The van der Waals surface area contributed by atoms with Crippen LogP contribution in [0, 0.1) is 11.8 Å². The molecule has 3 heterocycles. The Hall–Kier alpha value is -1.63. The van der Waals surface area contributed by atoms with Crippen LogP contribution in [0.4, 0.5) is 17.6 Å². The predicted octanol–water partition coefficient (Wildman–Crippen LogP) is 2.87. The lowest BCUT2D eigenvalue weighted by Gasteiger charge is -2.36. The molecule has 2 saturated heterocycles. The molecule has 0 amide bonds. The van der Waals surface area contributed by atoms with Gasteiger partial charge < -0.3 is 20.4 Å². The minimum absolute atomic E-state index is 0.576. The first-order valence-corrected chi connectivity index (χ1v) is 9.89. The van der Waals surface area contributed by atoms with Crippen molar-refractivity contribution in [3.63, 3.8) is 0 Å². The first-order valence-electron chi connectivity index (χ1n) is 9.49. The van der Waals surface area contributed by atoms with Crippen LogP contribution in [0.3, 0.4) is 0 Å². The number of aromatic nitrogens is 2. The number of hydrogen-bond donors (Lipinski definition) is 2. The van der Waals surface area contributed by atoms with Crippen LogP contribution in [0.1, 0.15) is 40.0 Å². The molecule has 1 aromatic heterocycles. The van der Waals surface area contributed by atoms with Crippen molar-refractivity contribution in [2.45, 2.75) is 40.0 Å². The van der Waals surface area contributed by atoms with Crippen LogP contribution in [-0.2, 0) is 0 Å². The second kappa shape index (κ2) is 8.17. The van der Waals surface area contributed by atoms with Gasteiger partial charge in [0.25, 0.3) is 0 Å². The molecule has 0 bridgehead atoms. The summed E-state index contributed by atoms with van der Waals surface area (Å²) >= 11 is 5.32. The summed E-state index contributed by atoms with van der Waals surface area (Å²) < 4.78 is 0. The highest BCUT2D eigenvalue weighted by Crippen LogP contribution is 2.29. The van der Waals surface area contributed by atoms with E-state index < -0.39 is 0 Å². The van der Waals surface area contributed by atoms with Crippen molar-refractivity contribution in [2.75, 3.05) is 47.8 Å². The third-order valence-corrected chi connectivity index (χ3v) is 5.13. The maximum absolute atomic E-state index is 5.32. The van der Waals surface area contributed by atoms with Crippen molar-refractivity contribution < 1.29 is 0 Å². The van der Waals surface area contributed by atoms with Crippen LogP contribution in [0.2, 0.25) is 0 Å². The second-order valence-electron chi connectivity index (χ2n) is 7.44. The van der Waals surface area contributed by atoms with Gasteiger partial charge in [-0.3, -0.25) is 0 Å². The van der Waals surface area contributed by atoms with Gasteiger partial charge in [0.2, 0.25) is 5.95 Å². The van der Waals surface area contributed by atoms with Crippen molar-refractivity contribution in [2.24, 2.45) is 11.8 Å². The molecule has 0 unspecified atom stereocenters. The lowest BCUT2D eigenvalue weighted by molar-refractivity contribution is 0.355. The van der Waals surface area contributed by atoms with Crippen LogP contribution in [0.15, 0.2) is 6.07 Å². The van der Waals surface area contributed by atoms with Crippen molar-refractivity contribution in [3.8, 4) is 0 Å². The highest BCUT2D eigenvalue weighted by atomic mass is 32.1. The average molecular weight is 363 g/mol. The van der Waals surface area contributed by atoms with E-state index in [1.54, 1.807) is 0 Å². The Kier molecular flexibility index (Phi) is 5.93. The molecular formula is C18H30N6S. The van der Waals surface area contributed by atoms with Crippen molar-refractivity contribution in [1.29, 1.82) is 0 Å². The van der Waals surface area contributed by atoms with Crippen LogP contribution in [-0.4, -0.2) is 47.8 Å². The van der Waals surface area contributed by atoms with Gasteiger partial charge in [-0.15, -0.1) is 0 Å². The molecule has 25 heavy (non-hydrogen) atoms. The molecule has 2 aliphatic rings. The van der Waals surface area contributed by atoms with E-state index in [0.717, 1.165) is 44.4 Å². The molecule has 7 heteroatoms. The number of thiocarbonyl (C=S) groups is 1. The fourth-order valence-corrected chi connectivity index (χ4v) is 4.14. The van der Waals surface area contributed by atoms with Gasteiger partial charge in [0.1, 0.15) is 11.6 Å². The quantitative estimate of drug-likeness (QED) is 0.799. The van der Waals surface area contributed by atoms with E-state index in [-0.39, 0.29) is 0 Å². The molecular weight excluding hydrogens is 332 g/mol. The van der Waals surface area contributed by atoms with E-state index in [4.69, 9.17) is 22.2 Å². The number of nitrogens with zero attached hydrogens (tertiary/aromatic N) is 4. The van der Waals surface area contributed by atoms with E-state index in [1.165, 1.54) is 19.3 Å². The number of hydrogen-bond acceptors (Lipinski definition) is 5. The van der Waals surface area contributed by atoms with Crippen molar-refractivity contribution >= 4 is 34.9 Å². The molecule has 0 aliphatic carbocycles. The summed E-state index contributed by atoms with van der Waals surface area (Å²) in [5.74, 6) is 3.99. The summed E-state index contributed by atoms with van der Waals surface area (Å²) in [5, 5.41) is 6.84. The lowest BCUT2D eigenvalue weighted by atomic mass is 9.92. The highest BCUT2D eigenvalue weighted by molar-refractivity contribution is 7.80. The van der Waals surface area contributed by atoms with Crippen molar-refractivity contribution in [1.82, 2.24) is 15.3 Å². The highest BCUT2D eigenvalue weighted by Gasteiger charge is 2.25. The van der Waals surface area contributed by atoms with E-state index in [2.05, 4.69) is 40.3 Å². The summed E-state index contributed by atoms with van der Waals surface area (Å²) in [5.41, 5.74) is 0. The largest absolute Gasteiger partial charge is 0.363 e. The van der Waals surface area contributed by atoms with E-state index in [9.17, 15) is 0 Å². The minimum atomic E-state index is 0.576. The van der Waals surface area contributed by atoms with Gasteiger partial charge in [0.05, 0.1) is 0 Å². The molecule has 2 aliphatic heterocycles. The Labute approximate surface area is 156 Å². The summed E-state index contributed by atoms with van der Waals surface area (Å²) in [7, 11) is 0. The Morgan fingerprint density at radius 1 is 1.12 bits per heavy atom. The number of nitrogens with one attached hydrogen (secondary N) is 2. The minimum Gasteiger partial charge on any atom is -0.363 e. The van der Waals surface area contributed by atoms with Gasteiger partial charge in [0, 0.05) is 38.8 Å². The molecule has 0 aromatic carbocycles. The van der Waals surface area contributed by atoms with Gasteiger partial charge in [-0.05, 0) is 50.2 Å². The summed E-state index contributed by atoms with van der Waals surface area (Å²) in [6.07, 6.45) is 3.75.